The summed E-state index contributed by atoms with van der Waals surface area (Å²) >= 11 is 0. The second-order valence-corrected chi connectivity index (χ2v) is 5.19. The van der Waals surface area contributed by atoms with Gasteiger partial charge in [-0.15, -0.1) is 0 Å². The summed E-state index contributed by atoms with van der Waals surface area (Å²) in [6, 6.07) is 8.98. The maximum atomic E-state index is 14.0. The molecule has 0 aliphatic rings. The van der Waals surface area contributed by atoms with Gasteiger partial charge in [-0.05, 0) is 43.7 Å². The van der Waals surface area contributed by atoms with E-state index in [2.05, 4.69) is 10.6 Å². The Morgan fingerprint density at radius 2 is 1.88 bits per heavy atom. The maximum absolute atomic E-state index is 14.0. The maximum Gasteiger partial charge on any atom is 0.258 e. The Morgan fingerprint density at radius 1 is 1.12 bits per heavy atom. The van der Waals surface area contributed by atoms with Crippen LogP contribution in [0.5, 0.6) is 5.75 Å². The van der Waals surface area contributed by atoms with Gasteiger partial charge in [-0.1, -0.05) is 6.07 Å². The van der Waals surface area contributed by atoms with Crippen LogP contribution >= 0.6 is 0 Å². The number of benzene rings is 2. The molecule has 24 heavy (non-hydrogen) atoms. The number of aryl methyl sites for hydroxylation is 1. The smallest absolute Gasteiger partial charge is 0.258 e. The summed E-state index contributed by atoms with van der Waals surface area (Å²) in [4.78, 5) is 24.2. The van der Waals surface area contributed by atoms with Gasteiger partial charge < -0.3 is 15.4 Å². The summed E-state index contributed by atoms with van der Waals surface area (Å²) in [5.41, 5.74) is 1.55. The number of amides is 2. The highest BCUT2D eigenvalue weighted by atomic mass is 19.1. The largest absolute Gasteiger partial charge is 0.497 e. The molecule has 0 saturated carbocycles. The van der Waals surface area contributed by atoms with Gasteiger partial charge in [-0.25, -0.2) is 4.39 Å². The highest BCUT2D eigenvalue weighted by Gasteiger charge is 2.15. The van der Waals surface area contributed by atoms with Crippen molar-refractivity contribution >= 4 is 17.5 Å². The predicted molar refractivity (Wildman–Crippen MR) is 90.1 cm³/mol. The number of hydrogen-bond donors (Lipinski definition) is 2. The Morgan fingerprint density at radius 3 is 2.50 bits per heavy atom. The molecule has 0 aliphatic carbocycles. The van der Waals surface area contributed by atoms with Crippen molar-refractivity contribution in [2.24, 2.45) is 0 Å². The first-order valence-corrected chi connectivity index (χ1v) is 7.50. The Kier molecular flexibility index (Phi) is 5.52. The number of carbonyl (C=O) groups excluding carboxylic acids is 2. The number of ether oxygens (including phenoxy) is 1. The molecule has 6 heteroatoms. The van der Waals surface area contributed by atoms with E-state index < -0.39 is 11.7 Å². The molecule has 2 amide bonds. The van der Waals surface area contributed by atoms with Crippen molar-refractivity contribution in [3.05, 3.63) is 58.9 Å². The van der Waals surface area contributed by atoms with Gasteiger partial charge in [0.1, 0.15) is 11.6 Å². The van der Waals surface area contributed by atoms with Crippen LogP contribution < -0.4 is 15.4 Å². The molecular weight excluding hydrogens is 311 g/mol. The zero-order chi connectivity index (χ0) is 17.7. The average Bonchev–Trinajstić information content (AvgIpc) is 2.56. The summed E-state index contributed by atoms with van der Waals surface area (Å²) < 4.78 is 18.9. The van der Waals surface area contributed by atoms with E-state index in [0.29, 0.717) is 23.5 Å². The zero-order valence-corrected chi connectivity index (χ0v) is 13.8. The minimum absolute atomic E-state index is 0.0985. The number of nitrogens with one attached hydrogen (secondary N) is 2. The molecule has 0 aliphatic heterocycles. The number of halogens is 1. The molecule has 0 radical (unpaired) electrons. The molecule has 2 N–H and O–H groups in total. The SMILES string of the molecule is CCNC(=O)c1ccc(C)c(NC(=O)c2ccc(OC)cc2F)c1. The molecule has 2 aromatic rings. The van der Waals surface area contributed by atoms with E-state index in [1.54, 1.807) is 25.1 Å². The van der Waals surface area contributed by atoms with Crippen LogP contribution in [0.25, 0.3) is 0 Å². The van der Waals surface area contributed by atoms with Gasteiger partial charge in [0.05, 0.1) is 12.7 Å². The summed E-state index contributed by atoms with van der Waals surface area (Å²) in [6.07, 6.45) is 0. The van der Waals surface area contributed by atoms with Gasteiger partial charge in [-0.3, -0.25) is 9.59 Å². The number of carbonyl (C=O) groups is 2. The van der Waals surface area contributed by atoms with Gasteiger partial charge in [0.15, 0.2) is 0 Å². The van der Waals surface area contributed by atoms with Crippen molar-refractivity contribution in [2.75, 3.05) is 19.0 Å². The second-order valence-electron chi connectivity index (χ2n) is 5.19. The van der Waals surface area contributed by atoms with Crippen molar-refractivity contribution in [3.8, 4) is 5.75 Å². The van der Waals surface area contributed by atoms with Crippen LogP contribution in [0.4, 0.5) is 10.1 Å². The van der Waals surface area contributed by atoms with Crippen LogP contribution in [-0.2, 0) is 0 Å². The van der Waals surface area contributed by atoms with E-state index in [0.717, 1.165) is 11.6 Å². The van der Waals surface area contributed by atoms with Crippen LogP contribution in [-0.4, -0.2) is 25.5 Å². The minimum atomic E-state index is -0.676. The summed E-state index contributed by atoms with van der Waals surface area (Å²) in [5, 5.41) is 5.33. The fourth-order valence-electron chi connectivity index (χ4n) is 2.16. The average molecular weight is 330 g/mol. The Balaban J connectivity index is 2.25. The fraction of sp³-hybridized carbons (Fsp3) is 0.222. The molecule has 0 bridgehead atoms. The normalized spacial score (nSPS) is 10.2. The van der Waals surface area contributed by atoms with E-state index in [1.165, 1.54) is 19.2 Å². The number of rotatable bonds is 5. The van der Waals surface area contributed by atoms with E-state index in [4.69, 9.17) is 4.74 Å². The minimum Gasteiger partial charge on any atom is -0.497 e. The van der Waals surface area contributed by atoms with E-state index in [9.17, 15) is 14.0 Å². The lowest BCUT2D eigenvalue weighted by Gasteiger charge is -2.11. The van der Waals surface area contributed by atoms with Crippen LogP contribution in [0.1, 0.15) is 33.2 Å². The third-order valence-corrected chi connectivity index (χ3v) is 3.51. The van der Waals surface area contributed by atoms with E-state index in [1.807, 2.05) is 6.92 Å². The highest BCUT2D eigenvalue weighted by molar-refractivity contribution is 6.05. The molecule has 2 rings (SSSR count). The topological polar surface area (TPSA) is 67.4 Å². The summed E-state index contributed by atoms with van der Waals surface area (Å²) in [7, 11) is 1.42. The quantitative estimate of drug-likeness (QED) is 0.885. The van der Waals surface area contributed by atoms with Gasteiger partial charge in [0.25, 0.3) is 11.8 Å². The van der Waals surface area contributed by atoms with Crippen molar-refractivity contribution in [1.82, 2.24) is 5.32 Å². The molecule has 0 fully saturated rings. The van der Waals surface area contributed by atoms with Gasteiger partial charge in [0.2, 0.25) is 0 Å². The van der Waals surface area contributed by atoms with Gasteiger partial charge in [0, 0.05) is 23.9 Å². The van der Waals surface area contributed by atoms with Crippen molar-refractivity contribution in [3.63, 3.8) is 0 Å². The Hall–Kier alpha value is -2.89. The van der Waals surface area contributed by atoms with Crippen LogP contribution in [0, 0.1) is 12.7 Å². The first-order chi connectivity index (χ1) is 11.5. The summed E-state index contributed by atoms with van der Waals surface area (Å²) in [5.74, 6) is -1.17. The Labute approximate surface area is 139 Å². The number of methoxy groups -OCH3 is 1. The van der Waals surface area contributed by atoms with Crippen molar-refractivity contribution in [1.29, 1.82) is 0 Å². The van der Waals surface area contributed by atoms with Crippen LogP contribution in [0.3, 0.4) is 0 Å². The molecule has 5 nitrogen and oxygen atoms in total. The molecule has 0 aromatic heterocycles. The molecular formula is C18H19FN2O3. The lowest BCUT2D eigenvalue weighted by Crippen LogP contribution is -2.23. The third-order valence-electron chi connectivity index (χ3n) is 3.51. The lowest BCUT2D eigenvalue weighted by molar-refractivity contribution is 0.0954. The monoisotopic (exact) mass is 330 g/mol. The van der Waals surface area contributed by atoms with E-state index in [-0.39, 0.29) is 11.5 Å². The Bertz CT molecular complexity index is 775. The second kappa shape index (κ2) is 7.59. The van der Waals surface area contributed by atoms with Crippen LogP contribution in [0.15, 0.2) is 36.4 Å². The fourth-order valence-corrected chi connectivity index (χ4v) is 2.16. The zero-order valence-electron chi connectivity index (χ0n) is 13.8. The standard InChI is InChI=1S/C18H19FN2O3/c1-4-20-17(22)12-6-5-11(2)16(9-12)21-18(23)14-8-7-13(24-3)10-15(14)19/h5-10H,4H2,1-3H3,(H,20,22)(H,21,23). The molecule has 0 saturated heterocycles. The molecule has 126 valence electrons. The number of hydrogen-bond acceptors (Lipinski definition) is 3. The third kappa shape index (κ3) is 3.90. The molecule has 0 spiro atoms. The first kappa shape index (κ1) is 17.5. The van der Waals surface area contributed by atoms with Gasteiger partial charge in [-0.2, -0.15) is 0 Å². The van der Waals surface area contributed by atoms with Crippen LogP contribution in [0.2, 0.25) is 0 Å². The number of anilines is 1. The molecule has 0 unspecified atom stereocenters. The first-order valence-electron chi connectivity index (χ1n) is 7.50. The molecule has 2 aromatic carbocycles. The van der Waals surface area contributed by atoms with E-state index >= 15 is 0 Å². The van der Waals surface area contributed by atoms with Crippen molar-refractivity contribution in [2.45, 2.75) is 13.8 Å². The molecule has 0 heterocycles. The van der Waals surface area contributed by atoms with Gasteiger partial charge >= 0.3 is 0 Å². The van der Waals surface area contributed by atoms with Crippen molar-refractivity contribution < 1.29 is 18.7 Å². The summed E-state index contributed by atoms with van der Waals surface area (Å²) in [6.45, 7) is 4.12. The lowest BCUT2D eigenvalue weighted by atomic mass is 10.1. The predicted octanol–water partition coefficient (Wildman–Crippen LogP) is 3.14. The molecule has 0 atom stereocenters. The highest BCUT2D eigenvalue weighted by Crippen LogP contribution is 2.21.